The summed E-state index contributed by atoms with van der Waals surface area (Å²) in [6, 6.07) is 11.5. The summed E-state index contributed by atoms with van der Waals surface area (Å²) in [4.78, 5) is 27.9. The lowest BCUT2D eigenvalue weighted by atomic mass is 10.1. The van der Waals surface area contributed by atoms with Crippen molar-refractivity contribution in [3.05, 3.63) is 63.1 Å². The summed E-state index contributed by atoms with van der Waals surface area (Å²) in [7, 11) is 0. The van der Waals surface area contributed by atoms with E-state index in [1.54, 1.807) is 11.8 Å². The fraction of sp³-hybridized carbons (Fsp3) is 0.462. The molecule has 32 heavy (non-hydrogen) atoms. The Morgan fingerprint density at radius 3 is 2.56 bits per heavy atom. The zero-order chi connectivity index (χ0) is 23.3. The van der Waals surface area contributed by atoms with Gasteiger partial charge in [0, 0.05) is 17.1 Å². The summed E-state index contributed by atoms with van der Waals surface area (Å²) in [5.74, 6) is 0.391. The maximum Gasteiger partial charge on any atom is 0.261 e. The molecule has 3 rings (SSSR count). The van der Waals surface area contributed by atoms with Gasteiger partial charge in [0.2, 0.25) is 5.91 Å². The molecule has 172 valence electrons. The molecule has 0 aromatic heterocycles. The number of ether oxygens (including phenoxy) is 1. The van der Waals surface area contributed by atoms with Crippen LogP contribution in [0.2, 0.25) is 0 Å². The molecule has 0 aliphatic heterocycles. The van der Waals surface area contributed by atoms with Crippen LogP contribution in [0.5, 0.6) is 5.75 Å². The van der Waals surface area contributed by atoms with Crippen LogP contribution in [0.15, 0.2) is 40.9 Å². The van der Waals surface area contributed by atoms with Gasteiger partial charge in [-0.05, 0) is 81.0 Å². The zero-order valence-electron chi connectivity index (χ0n) is 19.4. The first-order valence-corrected chi connectivity index (χ1v) is 12.1. The molecule has 1 fully saturated rings. The van der Waals surface area contributed by atoms with Crippen molar-refractivity contribution in [2.45, 2.75) is 72.0 Å². The van der Waals surface area contributed by atoms with Gasteiger partial charge < -0.3 is 15.0 Å². The molecule has 1 N–H and O–H groups in total. The number of hydrogen-bond acceptors (Lipinski definition) is 3. The third-order valence-electron chi connectivity index (χ3n) is 6.23. The summed E-state index contributed by atoms with van der Waals surface area (Å²) < 4.78 is 6.87. The van der Waals surface area contributed by atoms with Crippen LogP contribution in [0.1, 0.15) is 54.9 Å². The molecule has 5 nitrogen and oxygen atoms in total. The molecular weight excluding hydrogens is 468 g/mol. The maximum atomic E-state index is 13.3. The van der Waals surface area contributed by atoms with Crippen molar-refractivity contribution in [1.29, 1.82) is 0 Å². The smallest absolute Gasteiger partial charge is 0.261 e. The average Bonchev–Trinajstić information content (AvgIpc) is 3.26. The van der Waals surface area contributed by atoms with E-state index in [2.05, 4.69) is 27.3 Å². The Morgan fingerprint density at radius 1 is 1.16 bits per heavy atom. The summed E-state index contributed by atoms with van der Waals surface area (Å²) in [6.07, 6.45) is 4.30. The summed E-state index contributed by atoms with van der Waals surface area (Å²) in [5.41, 5.74) is 4.19. The van der Waals surface area contributed by atoms with Gasteiger partial charge in [-0.3, -0.25) is 9.59 Å². The summed E-state index contributed by atoms with van der Waals surface area (Å²) in [5, 5.41) is 3.13. The van der Waals surface area contributed by atoms with E-state index in [1.807, 2.05) is 51.1 Å². The van der Waals surface area contributed by atoms with Crippen LogP contribution >= 0.6 is 15.9 Å². The van der Waals surface area contributed by atoms with E-state index in [4.69, 9.17) is 4.74 Å². The van der Waals surface area contributed by atoms with Gasteiger partial charge in [0.25, 0.3) is 5.91 Å². The Morgan fingerprint density at radius 2 is 1.88 bits per heavy atom. The van der Waals surface area contributed by atoms with E-state index in [1.165, 1.54) is 0 Å². The number of halogens is 1. The third-order valence-corrected chi connectivity index (χ3v) is 6.72. The monoisotopic (exact) mass is 500 g/mol. The third kappa shape index (κ3) is 6.35. The molecule has 6 heteroatoms. The Hall–Kier alpha value is -2.34. The SMILES string of the molecule is Cc1cc(C)c(C)c(OCC(=O)N(Cc2cccc(Br)c2)[C@H](C)C(=O)NC2CCCC2)c1. The molecule has 1 atom stereocenters. The number of amides is 2. The average molecular weight is 501 g/mol. The van der Waals surface area contributed by atoms with Gasteiger partial charge >= 0.3 is 0 Å². The first kappa shape index (κ1) is 24.3. The molecule has 0 heterocycles. The number of hydrogen-bond donors (Lipinski definition) is 1. The minimum Gasteiger partial charge on any atom is -0.483 e. The zero-order valence-corrected chi connectivity index (χ0v) is 21.0. The van der Waals surface area contributed by atoms with Crippen molar-refractivity contribution in [3.63, 3.8) is 0 Å². The molecule has 2 amide bonds. The number of nitrogens with zero attached hydrogens (tertiary/aromatic N) is 1. The van der Waals surface area contributed by atoms with Crippen molar-refractivity contribution >= 4 is 27.7 Å². The van der Waals surface area contributed by atoms with Gasteiger partial charge in [0.1, 0.15) is 11.8 Å². The minimum absolute atomic E-state index is 0.108. The number of aryl methyl sites for hydroxylation is 2. The van der Waals surface area contributed by atoms with Gasteiger partial charge in [0.05, 0.1) is 0 Å². The van der Waals surface area contributed by atoms with Crippen LogP contribution in [0.4, 0.5) is 0 Å². The second-order valence-corrected chi connectivity index (χ2v) is 9.73. The van der Waals surface area contributed by atoms with Gasteiger partial charge in [-0.1, -0.05) is 47.0 Å². The van der Waals surface area contributed by atoms with Gasteiger partial charge in [-0.2, -0.15) is 0 Å². The fourth-order valence-electron chi connectivity index (χ4n) is 4.18. The fourth-order valence-corrected chi connectivity index (χ4v) is 4.63. The molecule has 1 aliphatic carbocycles. The van der Waals surface area contributed by atoms with Crippen LogP contribution in [-0.2, 0) is 16.1 Å². The molecule has 1 saturated carbocycles. The van der Waals surface area contributed by atoms with Crippen LogP contribution < -0.4 is 10.1 Å². The Kier molecular flexibility index (Phi) is 8.35. The van der Waals surface area contributed by atoms with Gasteiger partial charge in [0.15, 0.2) is 6.61 Å². The lowest BCUT2D eigenvalue weighted by molar-refractivity contribution is -0.142. The number of carbonyl (C=O) groups excluding carboxylic acids is 2. The number of benzene rings is 2. The highest BCUT2D eigenvalue weighted by Crippen LogP contribution is 2.24. The highest BCUT2D eigenvalue weighted by Gasteiger charge is 2.29. The first-order valence-electron chi connectivity index (χ1n) is 11.3. The Balaban J connectivity index is 1.75. The summed E-state index contributed by atoms with van der Waals surface area (Å²) >= 11 is 3.49. The second-order valence-electron chi connectivity index (χ2n) is 8.81. The standard InChI is InChI=1S/C26H33BrN2O3/c1-17-12-18(2)19(3)24(13-17)32-16-25(30)29(15-21-8-7-9-22(27)14-21)20(4)26(31)28-23-10-5-6-11-23/h7-9,12-14,20,23H,5-6,10-11,15-16H2,1-4H3,(H,28,31)/t20-/m1/s1. The highest BCUT2D eigenvalue weighted by molar-refractivity contribution is 9.10. The molecule has 2 aromatic rings. The quantitative estimate of drug-likeness (QED) is 0.539. The van der Waals surface area contributed by atoms with Crippen molar-refractivity contribution in [1.82, 2.24) is 10.2 Å². The molecule has 0 saturated heterocycles. The molecule has 0 bridgehead atoms. The van der Waals surface area contributed by atoms with Gasteiger partial charge in [-0.15, -0.1) is 0 Å². The second kappa shape index (κ2) is 11.0. The largest absolute Gasteiger partial charge is 0.483 e. The topological polar surface area (TPSA) is 58.6 Å². The van der Waals surface area contributed by atoms with Crippen LogP contribution in [-0.4, -0.2) is 35.4 Å². The normalized spacial score (nSPS) is 14.8. The molecule has 0 unspecified atom stereocenters. The predicted molar refractivity (Wildman–Crippen MR) is 131 cm³/mol. The van der Waals surface area contributed by atoms with E-state index in [0.717, 1.165) is 52.4 Å². The molecule has 2 aromatic carbocycles. The predicted octanol–water partition coefficient (Wildman–Crippen LogP) is 5.23. The molecule has 0 spiro atoms. The number of rotatable bonds is 8. The maximum absolute atomic E-state index is 13.3. The highest BCUT2D eigenvalue weighted by atomic mass is 79.9. The van der Waals surface area contributed by atoms with Crippen LogP contribution in [0.3, 0.4) is 0 Å². The lowest BCUT2D eigenvalue weighted by Gasteiger charge is -2.30. The lowest BCUT2D eigenvalue weighted by Crippen LogP contribution is -2.50. The van der Waals surface area contributed by atoms with Crippen molar-refractivity contribution in [3.8, 4) is 5.75 Å². The molecular formula is C26H33BrN2O3. The van der Waals surface area contributed by atoms with E-state index in [-0.39, 0.29) is 24.5 Å². The number of carbonyl (C=O) groups is 2. The van der Waals surface area contributed by atoms with E-state index < -0.39 is 6.04 Å². The molecule has 0 radical (unpaired) electrons. The number of nitrogens with one attached hydrogen (secondary N) is 1. The Bertz CT molecular complexity index is 970. The van der Waals surface area contributed by atoms with Crippen LogP contribution in [0.25, 0.3) is 0 Å². The molecule has 1 aliphatic rings. The van der Waals surface area contributed by atoms with Crippen molar-refractivity contribution in [2.75, 3.05) is 6.61 Å². The van der Waals surface area contributed by atoms with Crippen LogP contribution in [0, 0.1) is 20.8 Å². The summed E-state index contributed by atoms with van der Waals surface area (Å²) in [6.45, 7) is 8.06. The first-order chi connectivity index (χ1) is 15.2. The van der Waals surface area contributed by atoms with E-state index in [9.17, 15) is 9.59 Å². The Labute approximate surface area is 199 Å². The van der Waals surface area contributed by atoms with Crippen molar-refractivity contribution in [2.24, 2.45) is 0 Å². The van der Waals surface area contributed by atoms with E-state index in [0.29, 0.717) is 12.3 Å². The van der Waals surface area contributed by atoms with E-state index >= 15 is 0 Å². The minimum atomic E-state index is -0.592. The van der Waals surface area contributed by atoms with Gasteiger partial charge in [-0.25, -0.2) is 0 Å². The van der Waals surface area contributed by atoms with Crippen molar-refractivity contribution < 1.29 is 14.3 Å².